The number of rotatable bonds is 2. The van der Waals surface area contributed by atoms with Crippen molar-refractivity contribution < 1.29 is 20.1 Å². The van der Waals surface area contributed by atoms with E-state index in [2.05, 4.69) is 9.97 Å². The number of nitrogens with zero attached hydrogens (tertiary/aromatic N) is 2. The van der Waals surface area contributed by atoms with Crippen molar-refractivity contribution in [1.29, 1.82) is 0 Å². The molecule has 0 bridgehead atoms. The highest BCUT2D eigenvalue weighted by Crippen LogP contribution is 2.28. The zero-order valence-corrected chi connectivity index (χ0v) is 10.7. The number of aromatic nitrogens is 3. The summed E-state index contributed by atoms with van der Waals surface area (Å²) in [6.45, 7) is -0.488. The molecule has 4 N–H and O–H groups in total. The molecule has 0 radical (unpaired) electrons. The molecule has 1 aliphatic rings. The number of hydrogen-bond donors (Lipinski definition) is 4. The molecule has 9 nitrogen and oxygen atoms in total. The Morgan fingerprint density at radius 1 is 1.29 bits per heavy atom. The lowest BCUT2D eigenvalue weighted by Gasteiger charge is -2.17. The van der Waals surface area contributed by atoms with E-state index in [9.17, 15) is 19.8 Å². The molecule has 3 heterocycles. The summed E-state index contributed by atoms with van der Waals surface area (Å²) in [5.41, 5.74) is -1.02. The van der Waals surface area contributed by atoms with Gasteiger partial charge in [-0.05, 0) is 6.07 Å². The summed E-state index contributed by atoms with van der Waals surface area (Å²) in [6.07, 6.45) is -3.46. The van der Waals surface area contributed by atoms with E-state index in [4.69, 9.17) is 9.84 Å². The van der Waals surface area contributed by atoms with Crippen LogP contribution in [0, 0.1) is 0 Å². The summed E-state index contributed by atoms with van der Waals surface area (Å²) >= 11 is 0. The van der Waals surface area contributed by atoms with Crippen LogP contribution in [0.2, 0.25) is 0 Å². The molecule has 0 aliphatic carbocycles. The molecular formula is C12H13N3O6. The van der Waals surface area contributed by atoms with E-state index < -0.39 is 36.8 Å². The van der Waals surface area contributed by atoms with E-state index in [0.717, 1.165) is 4.57 Å². The Balaban J connectivity index is 2.09. The predicted molar refractivity (Wildman–Crippen MR) is 69.6 cm³/mol. The molecule has 0 saturated carbocycles. The molecule has 0 spiro atoms. The summed E-state index contributed by atoms with van der Waals surface area (Å²) in [7, 11) is 0. The van der Waals surface area contributed by atoms with Crippen molar-refractivity contribution in [3.8, 4) is 0 Å². The van der Waals surface area contributed by atoms with Gasteiger partial charge in [0.15, 0.2) is 6.23 Å². The van der Waals surface area contributed by atoms with Crippen LogP contribution in [0.1, 0.15) is 6.23 Å². The first-order valence-corrected chi connectivity index (χ1v) is 6.26. The fraction of sp³-hybridized carbons (Fsp3) is 0.417. The number of hydrogen-bond acceptors (Lipinski definition) is 7. The van der Waals surface area contributed by atoms with Crippen LogP contribution >= 0.6 is 0 Å². The van der Waals surface area contributed by atoms with Crippen molar-refractivity contribution >= 4 is 11.0 Å². The SMILES string of the molecule is O=c1ccc2cn([C@@H]3O[C@H](CO)[C@@H](O)[C@@H]3O)c(=O)nc2[nH]1. The van der Waals surface area contributed by atoms with Gasteiger partial charge in [-0.2, -0.15) is 4.98 Å². The summed E-state index contributed by atoms with van der Waals surface area (Å²) in [6, 6.07) is 2.74. The number of H-pyrrole nitrogens is 1. The molecule has 112 valence electrons. The normalized spacial score (nSPS) is 29.1. The fourth-order valence-corrected chi connectivity index (χ4v) is 2.32. The third kappa shape index (κ3) is 2.25. The van der Waals surface area contributed by atoms with Gasteiger partial charge in [0.2, 0.25) is 5.56 Å². The van der Waals surface area contributed by atoms with E-state index in [1.807, 2.05) is 0 Å². The molecule has 1 saturated heterocycles. The lowest BCUT2D eigenvalue weighted by molar-refractivity contribution is -0.0547. The number of aliphatic hydroxyl groups excluding tert-OH is 3. The van der Waals surface area contributed by atoms with Crippen LogP contribution < -0.4 is 11.2 Å². The van der Waals surface area contributed by atoms with Gasteiger partial charge in [-0.25, -0.2) is 4.79 Å². The Morgan fingerprint density at radius 3 is 2.71 bits per heavy atom. The maximum atomic E-state index is 12.0. The molecule has 4 atom stereocenters. The summed E-state index contributed by atoms with van der Waals surface area (Å²) in [5.74, 6) is 0. The first-order valence-electron chi connectivity index (χ1n) is 6.26. The van der Waals surface area contributed by atoms with Crippen LogP contribution in [0.25, 0.3) is 11.0 Å². The number of aromatic amines is 1. The van der Waals surface area contributed by atoms with E-state index in [-0.39, 0.29) is 11.2 Å². The first kappa shape index (κ1) is 13.9. The second-order valence-electron chi connectivity index (χ2n) is 4.79. The quantitative estimate of drug-likeness (QED) is 0.488. The molecule has 1 aliphatic heterocycles. The van der Waals surface area contributed by atoms with Gasteiger partial charge in [0, 0.05) is 17.6 Å². The first-order chi connectivity index (χ1) is 10.0. The Bertz CT molecular complexity index is 784. The number of aliphatic hydroxyl groups is 3. The van der Waals surface area contributed by atoms with Crippen molar-refractivity contribution in [2.75, 3.05) is 6.61 Å². The Morgan fingerprint density at radius 2 is 2.05 bits per heavy atom. The maximum Gasteiger partial charge on any atom is 0.351 e. The summed E-state index contributed by atoms with van der Waals surface area (Å²) in [4.78, 5) is 29.3. The van der Waals surface area contributed by atoms with Crippen molar-refractivity contribution in [2.45, 2.75) is 24.5 Å². The minimum atomic E-state index is -1.37. The second kappa shape index (κ2) is 5.04. The average molecular weight is 295 g/mol. The van der Waals surface area contributed by atoms with Gasteiger partial charge in [-0.3, -0.25) is 9.36 Å². The van der Waals surface area contributed by atoms with Crippen LogP contribution in [0.5, 0.6) is 0 Å². The van der Waals surface area contributed by atoms with Crippen LogP contribution in [-0.2, 0) is 4.74 Å². The molecule has 2 aromatic rings. The maximum absolute atomic E-state index is 12.0. The smallest absolute Gasteiger partial charge is 0.351 e. The molecule has 3 rings (SSSR count). The zero-order valence-electron chi connectivity index (χ0n) is 10.7. The standard InChI is InChI=1S/C12H13N3O6/c16-4-6-8(18)9(19)11(21-6)15-3-5-1-2-7(17)13-10(5)14-12(15)20/h1-3,6,8-9,11,16,18-19H,4H2,(H,13,14,17,20)/t6-,8-,9+,11-/m1/s1. The van der Waals surface area contributed by atoms with E-state index in [1.165, 1.54) is 18.3 Å². The second-order valence-corrected chi connectivity index (χ2v) is 4.79. The largest absolute Gasteiger partial charge is 0.394 e. The topological polar surface area (TPSA) is 138 Å². The molecular weight excluding hydrogens is 282 g/mol. The van der Waals surface area contributed by atoms with Crippen LogP contribution in [-0.4, -0.2) is 54.8 Å². The van der Waals surface area contributed by atoms with Gasteiger partial charge in [-0.15, -0.1) is 0 Å². The zero-order chi connectivity index (χ0) is 15.1. The monoisotopic (exact) mass is 295 g/mol. The van der Waals surface area contributed by atoms with Gasteiger partial charge in [-0.1, -0.05) is 0 Å². The minimum Gasteiger partial charge on any atom is -0.394 e. The number of fused-ring (bicyclic) bond motifs is 1. The van der Waals surface area contributed by atoms with Crippen molar-refractivity contribution in [1.82, 2.24) is 14.5 Å². The summed E-state index contributed by atoms with van der Waals surface area (Å²) in [5, 5.41) is 29.1. The molecule has 0 amide bonds. The molecule has 0 aromatic carbocycles. The predicted octanol–water partition coefficient (Wildman–Crippen LogP) is -2.30. The average Bonchev–Trinajstić information content (AvgIpc) is 2.74. The molecule has 21 heavy (non-hydrogen) atoms. The van der Waals surface area contributed by atoms with Gasteiger partial charge in [0.25, 0.3) is 0 Å². The lowest BCUT2D eigenvalue weighted by atomic mass is 10.1. The third-order valence-corrected chi connectivity index (χ3v) is 3.43. The van der Waals surface area contributed by atoms with Crippen molar-refractivity contribution in [2.24, 2.45) is 0 Å². The lowest BCUT2D eigenvalue weighted by Crippen LogP contribution is -2.36. The van der Waals surface area contributed by atoms with Crippen LogP contribution in [0.15, 0.2) is 27.9 Å². The molecule has 1 fully saturated rings. The van der Waals surface area contributed by atoms with Crippen molar-refractivity contribution in [3.63, 3.8) is 0 Å². The van der Waals surface area contributed by atoms with E-state index in [1.54, 1.807) is 0 Å². The van der Waals surface area contributed by atoms with E-state index in [0.29, 0.717) is 5.39 Å². The number of nitrogens with one attached hydrogen (secondary N) is 1. The Hall–Kier alpha value is -2.07. The van der Waals surface area contributed by atoms with Crippen LogP contribution in [0.3, 0.4) is 0 Å². The van der Waals surface area contributed by atoms with Crippen LogP contribution in [0.4, 0.5) is 0 Å². The molecule has 2 aromatic heterocycles. The Labute approximate surface area is 117 Å². The Kier molecular flexibility index (Phi) is 3.33. The van der Waals surface area contributed by atoms with Crippen molar-refractivity contribution in [3.05, 3.63) is 39.2 Å². The number of pyridine rings is 1. The minimum absolute atomic E-state index is 0.121. The fourth-order valence-electron chi connectivity index (χ4n) is 2.32. The van der Waals surface area contributed by atoms with Gasteiger partial charge in [0.1, 0.15) is 24.0 Å². The van der Waals surface area contributed by atoms with Gasteiger partial charge < -0.3 is 25.0 Å². The van der Waals surface area contributed by atoms with Gasteiger partial charge in [0.05, 0.1) is 6.61 Å². The number of ether oxygens (including phenoxy) is 1. The summed E-state index contributed by atoms with van der Waals surface area (Å²) < 4.78 is 6.29. The third-order valence-electron chi connectivity index (χ3n) is 3.43. The molecule has 0 unspecified atom stereocenters. The van der Waals surface area contributed by atoms with Gasteiger partial charge >= 0.3 is 5.69 Å². The molecule has 9 heteroatoms. The highest BCUT2D eigenvalue weighted by Gasteiger charge is 2.43. The highest BCUT2D eigenvalue weighted by molar-refractivity contribution is 5.72. The highest BCUT2D eigenvalue weighted by atomic mass is 16.6. The van der Waals surface area contributed by atoms with E-state index >= 15 is 0 Å².